The largest absolute Gasteiger partial charge is 0.477 e. The summed E-state index contributed by atoms with van der Waals surface area (Å²) in [4.78, 5) is 18.8. The molecule has 7 aromatic rings. The molecule has 1 radical (unpaired) electrons. The Hall–Kier alpha value is -4.22. The van der Waals surface area contributed by atoms with Gasteiger partial charge in [0.15, 0.2) is 0 Å². The molecule has 0 saturated carbocycles. The van der Waals surface area contributed by atoms with Crippen molar-refractivity contribution in [2.45, 2.75) is 0 Å². The number of carbonyl (C=O) groups is 1. The first-order valence-corrected chi connectivity index (χ1v) is 13.0. The van der Waals surface area contributed by atoms with Crippen molar-refractivity contribution in [2.75, 3.05) is 0 Å². The molecule has 0 aliphatic heterocycles. The molecule has 1 aliphatic carbocycles. The standard InChI is InChI=1S/C27H14NS.C6H5NO2.Ir/c1-2-8-17-16(7-1)18-10-5-12-22-26(18)21(17)15-23(28-22)19-11-6-14-25-27(19)20-9-3-4-13-24(20)29-25;8-6(9)5-3-1-2-4-7-5;/h1-10,12-15H;1-4H,(H,8,9);/q-1;;. The molecule has 8 rings (SSSR count). The summed E-state index contributed by atoms with van der Waals surface area (Å²) < 4.78 is 2.59. The zero-order valence-corrected chi connectivity index (χ0v) is 23.6. The minimum absolute atomic E-state index is 0. The molecule has 0 amide bonds. The number of carboxylic acid groups (broad SMARTS) is 1. The Bertz CT molecular complexity index is 2020. The van der Waals surface area contributed by atoms with Gasteiger partial charge in [-0.05, 0) is 62.3 Å². The van der Waals surface area contributed by atoms with Gasteiger partial charge in [0.05, 0.1) is 5.52 Å². The molecule has 0 saturated heterocycles. The van der Waals surface area contributed by atoms with Gasteiger partial charge in [-0.15, -0.1) is 23.8 Å². The molecule has 0 unspecified atom stereocenters. The summed E-state index contributed by atoms with van der Waals surface area (Å²) in [5.41, 5.74) is 8.38. The fourth-order valence-electron chi connectivity index (χ4n) is 5.21. The van der Waals surface area contributed by atoms with E-state index in [4.69, 9.17) is 10.1 Å². The maximum absolute atomic E-state index is 10.1. The summed E-state index contributed by atoms with van der Waals surface area (Å²) in [5.74, 6) is -0.990. The summed E-state index contributed by atoms with van der Waals surface area (Å²) in [5, 5.41) is 12.1. The van der Waals surface area contributed by atoms with Crippen molar-refractivity contribution in [2.24, 2.45) is 0 Å². The van der Waals surface area contributed by atoms with Crippen molar-refractivity contribution >= 4 is 48.4 Å². The van der Waals surface area contributed by atoms with Crippen LogP contribution in [0.3, 0.4) is 0 Å². The van der Waals surface area contributed by atoms with Crippen molar-refractivity contribution in [3.8, 4) is 33.5 Å². The van der Waals surface area contributed by atoms with Gasteiger partial charge in [-0.2, -0.15) is 11.3 Å². The van der Waals surface area contributed by atoms with E-state index in [0.717, 1.165) is 16.8 Å². The molecule has 6 heteroatoms. The summed E-state index contributed by atoms with van der Waals surface area (Å²) >= 11 is 1.84. The van der Waals surface area contributed by atoms with Crippen LogP contribution in [0.15, 0.2) is 109 Å². The number of thiophene rings is 1. The van der Waals surface area contributed by atoms with Gasteiger partial charge in [0.1, 0.15) is 5.69 Å². The molecule has 39 heavy (non-hydrogen) atoms. The maximum Gasteiger partial charge on any atom is 0.354 e. The second kappa shape index (κ2) is 10.2. The first-order chi connectivity index (χ1) is 18.7. The van der Waals surface area contributed by atoms with Crippen LogP contribution < -0.4 is 0 Å². The van der Waals surface area contributed by atoms with Gasteiger partial charge in [-0.25, -0.2) is 9.78 Å². The molecule has 0 spiro atoms. The SMILES string of the molecule is O=C(O)c1ccccn1.[Ir].[c-]1ccc2sc3ccccc3c2c1-c1cc2c3c(cccc3n1)-c1ccccc1-2. The number of pyridine rings is 2. The smallest absolute Gasteiger partial charge is 0.354 e. The number of nitrogens with zero attached hydrogens (tertiary/aromatic N) is 2. The van der Waals surface area contributed by atoms with E-state index >= 15 is 0 Å². The van der Waals surface area contributed by atoms with Crippen LogP contribution in [0.4, 0.5) is 0 Å². The molecule has 0 fully saturated rings. The zero-order valence-electron chi connectivity index (χ0n) is 20.4. The Morgan fingerprint density at radius 1 is 0.744 bits per heavy atom. The van der Waals surface area contributed by atoms with Gasteiger partial charge in [0.2, 0.25) is 0 Å². The third-order valence-electron chi connectivity index (χ3n) is 6.82. The number of hydrogen-bond donors (Lipinski definition) is 1. The molecular formula is C33H19IrN2O2S-. The summed E-state index contributed by atoms with van der Waals surface area (Å²) in [6.45, 7) is 0. The molecule has 189 valence electrons. The van der Waals surface area contributed by atoms with Crippen molar-refractivity contribution in [3.05, 3.63) is 121 Å². The van der Waals surface area contributed by atoms with E-state index in [0.29, 0.717) is 0 Å². The van der Waals surface area contributed by atoms with Crippen molar-refractivity contribution in [3.63, 3.8) is 0 Å². The number of benzene rings is 4. The Morgan fingerprint density at radius 2 is 1.49 bits per heavy atom. The second-order valence-electron chi connectivity index (χ2n) is 9.01. The van der Waals surface area contributed by atoms with Gasteiger partial charge in [-0.1, -0.05) is 72.1 Å². The average Bonchev–Trinajstić information content (AvgIpc) is 3.51. The minimum Gasteiger partial charge on any atom is -0.477 e. The number of carboxylic acids is 1. The van der Waals surface area contributed by atoms with Crippen LogP contribution in [0.5, 0.6) is 0 Å². The number of aromatic carboxylic acids is 1. The van der Waals surface area contributed by atoms with E-state index < -0.39 is 5.97 Å². The molecule has 4 aromatic carbocycles. The van der Waals surface area contributed by atoms with Crippen LogP contribution in [-0.4, -0.2) is 21.0 Å². The van der Waals surface area contributed by atoms with Crippen LogP contribution in [-0.2, 0) is 20.1 Å². The number of rotatable bonds is 2. The molecule has 0 atom stereocenters. The van der Waals surface area contributed by atoms with Crippen LogP contribution >= 0.6 is 11.3 Å². The van der Waals surface area contributed by atoms with E-state index in [-0.39, 0.29) is 25.8 Å². The van der Waals surface area contributed by atoms with E-state index in [2.05, 4.69) is 89.9 Å². The summed E-state index contributed by atoms with van der Waals surface area (Å²) in [6.07, 6.45) is 1.45. The predicted molar refractivity (Wildman–Crippen MR) is 155 cm³/mol. The van der Waals surface area contributed by atoms with Gasteiger partial charge >= 0.3 is 5.97 Å². The Labute approximate surface area is 242 Å². The van der Waals surface area contributed by atoms with E-state index in [1.165, 1.54) is 60.1 Å². The van der Waals surface area contributed by atoms with Gasteiger partial charge in [0, 0.05) is 36.4 Å². The van der Waals surface area contributed by atoms with Crippen LogP contribution in [0.25, 0.3) is 64.6 Å². The molecule has 1 N–H and O–H groups in total. The van der Waals surface area contributed by atoms with E-state index in [9.17, 15) is 4.79 Å². The molecule has 0 bridgehead atoms. The molecular weight excluding hydrogens is 681 g/mol. The van der Waals surface area contributed by atoms with Crippen molar-refractivity contribution < 1.29 is 30.0 Å². The quantitative estimate of drug-likeness (QED) is 0.184. The third kappa shape index (κ3) is 4.23. The van der Waals surface area contributed by atoms with Crippen molar-refractivity contribution in [1.29, 1.82) is 0 Å². The monoisotopic (exact) mass is 700 g/mol. The minimum atomic E-state index is -0.990. The number of aromatic nitrogens is 2. The maximum atomic E-state index is 10.1. The van der Waals surface area contributed by atoms with Crippen molar-refractivity contribution in [1.82, 2.24) is 9.97 Å². The summed E-state index contributed by atoms with van der Waals surface area (Å²) in [6, 6.07) is 38.5. The molecule has 4 nitrogen and oxygen atoms in total. The number of hydrogen-bond acceptors (Lipinski definition) is 4. The third-order valence-corrected chi connectivity index (χ3v) is 7.95. The van der Waals surface area contributed by atoms with E-state index in [1.807, 2.05) is 17.4 Å². The van der Waals surface area contributed by atoms with Gasteiger partial charge < -0.3 is 5.11 Å². The first kappa shape index (κ1) is 25.1. The van der Waals surface area contributed by atoms with Crippen LogP contribution in [0.2, 0.25) is 0 Å². The number of fused-ring (bicyclic) bond motifs is 6. The predicted octanol–water partition coefficient (Wildman–Crippen LogP) is 8.49. The first-order valence-electron chi connectivity index (χ1n) is 12.2. The Morgan fingerprint density at radius 3 is 2.26 bits per heavy atom. The fraction of sp³-hybridized carbons (Fsp3) is 0. The molecule has 3 aromatic heterocycles. The average molecular weight is 700 g/mol. The van der Waals surface area contributed by atoms with Gasteiger partial charge in [-0.3, -0.25) is 4.98 Å². The second-order valence-corrected chi connectivity index (χ2v) is 10.1. The van der Waals surface area contributed by atoms with Crippen LogP contribution in [0, 0.1) is 6.07 Å². The topological polar surface area (TPSA) is 63.1 Å². The Kier molecular flexibility index (Phi) is 6.53. The molecule has 1 aliphatic rings. The van der Waals surface area contributed by atoms with Gasteiger partial charge in [0.25, 0.3) is 0 Å². The van der Waals surface area contributed by atoms with Crippen LogP contribution in [0.1, 0.15) is 10.5 Å². The van der Waals surface area contributed by atoms with E-state index in [1.54, 1.807) is 12.1 Å². The molecule has 3 heterocycles. The normalized spacial score (nSPS) is 11.1. The summed E-state index contributed by atoms with van der Waals surface area (Å²) in [7, 11) is 0. The Balaban J connectivity index is 0.000000239. The zero-order chi connectivity index (χ0) is 25.6. The fourth-order valence-corrected chi connectivity index (χ4v) is 6.32.